The van der Waals surface area contributed by atoms with Crippen molar-refractivity contribution in [3.8, 4) is 10.6 Å². The molecule has 0 bridgehead atoms. The third-order valence-corrected chi connectivity index (χ3v) is 9.00. The van der Waals surface area contributed by atoms with Gasteiger partial charge in [-0.3, -0.25) is 0 Å². The normalized spacial score (nSPS) is 15.4. The average molecular weight is 451 g/mol. The summed E-state index contributed by atoms with van der Waals surface area (Å²) < 4.78 is 29.0. The largest absolute Gasteiger partial charge is 0.302 e. The third-order valence-electron chi connectivity index (χ3n) is 5.56. The van der Waals surface area contributed by atoms with Crippen molar-refractivity contribution in [2.24, 2.45) is 0 Å². The van der Waals surface area contributed by atoms with Crippen LogP contribution in [-0.2, 0) is 10.0 Å². The molecule has 0 radical (unpaired) electrons. The predicted octanol–water partition coefficient (Wildman–Crippen LogP) is 4.42. The monoisotopic (exact) mass is 450 g/mol. The van der Waals surface area contributed by atoms with Crippen LogP contribution in [0.5, 0.6) is 0 Å². The highest BCUT2D eigenvalue weighted by Gasteiger charge is 2.28. The molecule has 1 aromatic carbocycles. The fourth-order valence-corrected chi connectivity index (χ4v) is 6.82. The second-order valence-electron chi connectivity index (χ2n) is 7.72. The highest BCUT2D eigenvalue weighted by Crippen LogP contribution is 2.36. The Bertz CT molecular complexity index is 1400. The number of benzene rings is 1. The lowest BCUT2D eigenvalue weighted by atomic mass is 10.00. The molecule has 158 valence electrons. The molecule has 0 saturated carbocycles. The van der Waals surface area contributed by atoms with Gasteiger partial charge in [-0.25, -0.2) is 13.9 Å². The standard InChI is InChI=1S/C23H22N4O2S2/c1-16-23(30-22(25-16)18-7-4-3-5-8-18)31(28,29)27-15-20(17-10-13-26(2)14-11-17)19-9-6-12-24-21(19)27/h3-10,12,15H,11,13-14H2,1-2H3. The van der Waals surface area contributed by atoms with E-state index in [1.807, 2.05) is 42.5 Å². The van der Waals surface area contributed by atoms with Gasteiger partial charge < -0.3 is 4.90 Å². The maximum Gasteiger partial charge on any atom is 0.280 e. The van der Waals surface area contributed by atoms with Gasteiger partial charge in [0.1, 0.15) is 5.01 Å². The molecule has 4 aromatic rings. The third kappa shape index (κ3) is 3.50. The molecule has 6 nitrogen and oxygen atoms in total. The van der Waals surface area contributed by atoms with Crippen LogP contribution in [0.25, 0.3) is 27.2 Å². The van der Waals surface area contributed by atoms with Gasteiger partial charge in [0.05, 0.1) is 5.69 Å². The Kier molecular flexibility index (Phi) is 5.00. The molecule has 8 heteroatoms. The first-order chi connectivity index (χ1) is 14.9. The Balaban J connectivity index is 1.65. The van der Waals surface area contributed by atoms with Crippen molar-refractivity contribution in [3.63, 3.8) is 0 Å². The second kappa shape index (κ2) is 7.71. The molecular weight excluding hydrogens is 428 g/mol. The quantitative estimate of drug-likeness (QED) is 0.460. The Morgan fingerprint density at radius 1 is 1.10 bits per heavy atom. The number of aromatic nitrogens is 3. The minimum absolute atomic E-state index is 0.248. The number of hydrogen-bond donors (Lipinski definition) is 0. The molecule has 0 spiro atoms. The molecule has 1 aliphatic rings. The Hall–Kier alpha value is -2.81. The molecule has 0 unspecified atom stereocenters. The van der Waals surface area contributed by atoms with Crippen molar-refractivity contribution in [2.75, 3.05) is 20.1 Å². The van der Waals surface area contributed by atoms with E-state index in [1.165, 1.54) is 15.3 Å². The number of pyridine rings is 1. The van der Waals surface area contributed by atoms with Crippen LogP contribution in [0.3, 0.4) is 0 Å². The summed E-state index contributed by atoms with van der Waals surface area (Å²) >= 11 is 1.20. The van der Waals surface area contributed by atoms with E-state index in [1.54, 1.807) is 19.3 Å². The van der Waals surface area contributed by atoms with Crippen LogP contribution in [0, 0.1) is 6.92 Å². The first-order valence-corrected chi connectivity index (χ1v) is 12.3. The van der Waals surface area contributed by atoms with Crippen molar-refractivity contribution in [2.45, 2.75) is 17.6 Å². The lowest BCUT2D eigenvalue weighted by molar-refractivity contribution is 0.370. The van der Waals surface area contributed by atoms with Crippen LogP contribution >= 0.6 is 11.3 Å². The topological polar surface area (TPSA) is 68.1 Å². The number of likely N-dealkylation sites (N-methyl/N-ethyl adjacent to an activating group) is 1. The van der Waals surface area contributed by atoms with Gasteiger partial charge in [0.2, 0.25) is 0 Å². The minimum Gasteiger partial charge on any atom is -0.302 e. The molecular formula is C23H22N4O2S2. The molecule has 0 fully saturated rings. The summed E-state index contributed by atoms with van der Waals surface area (Å²) in [7, 11) is -1.76. The van der Waals surface area contributed by atoms with Crippen molar-refractivity contribution in [1.29, 1.82) is 0 Å². The van der Waals surface area contributed by atoms with E-state index < -0.39 is 10.0 Å². The highest BCUT2D eigenvalue weighted by molar-refractivity contribution is 7.92. The van der Waals surface area contributed by atoms with Crippen LogP contribution < -0.4 is 0 Å². The minimum atomic E-state index is -3.84. The van der Waals surface area contributed by atoms with Gasteiger partial charge in [0, 0.05) is 42.0 Å². The fourth-order valence-electron chi connectivity index (χ4n) is 3.90. The molecule has 0 atom stereocenters. The molecule has 0 amide bonds. The van der Waals surface area contributed by atoms with Gasteiger partial charge in [-0.05, 0) is 38.1 Å². The smallest absolute Gasteiger partial charge is 0.280 e. The molecule has 3 aromatic heterocycles. The second-order valence-corrected chi connectivity index (χ2v) is 10.7. The zero-order valence-electron chi connectivity index (χ0n) is 17.3. The molecule has 0 N–H and O–H groups in total. The van der Waals surface area contributed by atoms with Crippen LogP contribution in [0.2, 0.25) is 0 Å². The zero-order valence-corrected chi connectivity index (χ0v) is 18.9. The van der Waals surface area contributed by atoms with Gasteiger partial charge in [0.25, 0.3) is 10.0 Å². The Morgan fingerprint density at radius 2 is 1.90 bits per heavy atom. The van der Waals surface area contributed by atoms with E-state index in [0.717, 1.165) is 41.6 Å². The first kappa shape index (κ1) is 20.1. The van der Waals surface area contributed by atoms with E-state index in [-0.39, 0.29) is 4.21 Å². The summed E-state index contributed by atoms with van der Waals surface area (Å²) in [5.41, 5.74) is 3.96. The van der Waals surface area contributed by atoms with Gasteiger partial charge >= 0.3 is 0 Å². The van der Waals surface area contributed by atoms with Crippen molar-refractivity contribution in [3.05, 3.63) is 72.2 Å². The number of thiazole rings is 1. The first-order valence-electron chi connectivity index (χ1n) is 10.1. The van der Waals surface area contributed by atoms with Crippen molar-refractivity contribution in [1.82, 2.24) is 18.8 Å². The van der Waals surface area contributed by atoms with Crippen molar-refractivity contribution >= 4 is 38.0 Å². The molecule has 4 heterocycles. The summed E-state index contributed by atoms with van der Waals surface area (Å²) in [5.74, 6) is 0. The molecule has 31 heavy (non-hydrogen) atoms. The van der Waals surface area contributed by atoms with Gasteiger partial charge in [-0.1, -0.05) is 36.4 Å². The number of nitrogens with zero attached hydrogens (tertiary/aromatic N) is 4. The lowest BCUT2D eigenvalue weighted by Crippen LogP contribution is -2.23. The SMILES string of the molecule is Cc1nc(-c2ccccc2)sc1S(=O)(=O)n1cc(C2=CCN(C)CC2)c2cccnc21. The summed E-state index contributed by atoms with van der Waals surface area (Å²) in [6, 6.07) is 13.4. The molecule has 0 saturated heterocycles. The lowest BCUT2D eigenvalue weighted by Gasteiger charge is -2.21. The predicted molar refractivity (Wildman–Crippen MR) is 125 cm³/mol. The van der Waals surface area contributed by atoms with E-state index >= 15 is 0 Å². The van der Waals surface area contributed by atoms with Crippen molar-refractivity contribution < 1.29 is 8.42 Å². The number of rotatable bonds is 4. The maximum atomic E-state index is 13.7. The fraction of sp³-hybridized carbons (Fsp3) is 0.217. The van der Waals surface area contributed by atoms with Crippen LogP contribution in [0.15, 0.2) is 65.1 Å². The van der Waals surface area contributed by atoms with E-state index in [0.29, 0.717) is 16.3 Å². The van der Waals surface area contributed by atoms with Crippen LogP contribution in [0.1, 0.15) is 17.7 Å². The van der Waals surface area contributed by atoms with Crippen LogP contribution in [-0.4, -0.2) is 47.4 Å². The molecule has 1 aliphatic heterocycles. The number of aryl methyl sites for hydroxylation is 1. The number of hydrogen-bond acceptors (Lipinski definition) is 6. The summed E-state index contributed by atoms with van der Waals surface area (Å²) in [6.07, 6.45) is 6.41. The van der Waals surface area contributed by atoms with E-state index in [2.05, 4.69) is 28.0 Å². The highest BCUT2D eigenvalue weighted by atomic mass is 32.2. The summed E-state index contributed by atoms with van der Waals surface area (Å²) in [6.45, 7) is 3.54. The Morgan fingerprint density at radius 3 is 2.65 bits per heavy atom. The van der Waals surface area contributed by atoms with E-state index in [9.17, 15) is 8.42 Å². The van der Waals surface area contributed by atoms with Gasteiger partial charge in [-0.2, -0.15) is 8.42 Å². The zero-order chi connectivity index (χ0) is 21.6. The van der Waals surface area contributed by atoms with Crippen LogP contribution in [0.4, 0.5) is 0 Å². The molecule has 0 aliphatic carbocycles. The Labute approximate surface area is 185 Å². The maximum absolute atomic E-state index is 13.7. The summed E-state index contributed by atoms with van der Waals surface area (Å²) in [5, 5.41) is 1.55. The summed E-state index contributed by atoms with van der Waals surface area (Å²) in [4.78, 5) is 11.2. The van der Waals surface area contributed by atoms with E-state index in [4.69, 9.17) is 0 Å². The number of fused-ring (bicyclic) bond motifs is 1. The molecule has 5 rings (SSSR count). The van der Waals surface area contributed by atoms with Gasteiger partial charge in [0.15, 0.2) is 9.86 Å². The average Bonchev–Trinajstić information content (AvgIpc) is 3.37. The van der Waals surface area contributed by atoms with Gasteiger partial charge in [-0.15, -0.1) is 11.3 Å².